The van der Waals surface area contributed by atoms with Crippen LogP contribution in [0.5, 0.6) is 0 Å². The summed E-state index contributed by atoms with van der Waals surface area (Å²) in [5, 5.41) is 19.8. The lowest BCUT2D eigenvalue weighted by molar-refractivity contribution is -0.142. The van der Waals surface area contributed by atoms with E-state index in [0.717, 1.165) is 0 Å². The maximum absolute atomic E-state index is 14.5. The van der Waals surface area contributed by atoms with E-state index in [9.17, 15) is 28.1 Å². The Bertz CT molecular complexity index is 2690. The highest BCUT2D eigenvalue weighted by Gasteiger charge is 2.38. The summed E-state index contributed by atoms with van der Waals surface area (Å²) in [5.74, 6) is 0.377. The number of anilines is 6. The molecule has 0 fully saturated rings. The van der Waals surface area contributed by atoms with Crippen molar-refractivity contribution < 1.29 is 17.6 Å². The van der Waals surface area contributed by atoms with Gasteiger partial charge in [0, 0.05) is 22.7 Å². The Balaban J connectivity index is 1.62. The number of fused-ring (bicyclic) bond motifs is 6. The zero-order valence-corrected chi connectivity index (χ0v) is 27.7. The van der Waals surface area contributed by atoms with E-state index in [1.807, 2.05) is 132 Å². The summed E-state index contributed by atoms with van der Waals surface area (Å²) < 4.78 is 57.6. The Kier molecular flexibility index (Phi) is 8.40. The van der Waals surface area contributed by atoms with Crippen LogP contribution in [0.4, 0.5) is 51.9 Å². The van der Waals surface area contributed by atoms with Gasteiger partial charge in [-0.05, 0) is 48.5 Å². The molecule has 8 aromatic rings. The highest BCUT2D eigenvalue weighted by atomic mass is 19.4. The minimum Gasteiger partial charge on any atom is -0.292 e. The van der Waals surface area contributed by atoms with Crippen LogP contribution >= 0.6 is 0 Å². The lowest BCUT2D eigenvalue weighted by Crippen LogP contribution is -2.20. The Hall–Kier alpha value is -7.58. The molecule has 0 aliphatic heterocycles. The molecule has 0 saturated heterocycles. The topological polar surface area (TPSA) is 131 Å². The first-order valence-electron chi connectivity index (χ1n) is 16.3. The van der Waals surface area contributed by atoms with Gasteiger partial charge in [-0.25, -0.2) is 34.3 Å². The smallest absolute Gasteiger partial charge is 0.292 e. The van der Waals surface area contributed by atoms with Gasteiger partial charge in [-0.1, -0.05) is 72.8 Å². The molecule has 10 nitrogen and oxygen atoms in total. The maximum Gasteiger partial charge on any atom is 0.435 e. The molecule has 0 bridgehead atoms. The third kappa shape index (κ3) is 5.78. The second-order valence-corrected chi connectivity index (χ2v) is 11.8. The number of nitriles is 2. The minimum atomic E-state index is -5.09. The first-order valence-corrected chi connectivity index (χ1v) is 16.3. The van der Waals surface area contributed by atoms with E-state index in [0.29, 0.717) is 22.7 Å². The van der Waals surface area contributed by atoms with Crippen molar-refractivity contribution >= 4 is 67.5 Å². The van der Waals surface area contributed by atoms with Crippen LogP contribution in [0, 0.1) is 22.7 Å². The van der Waals surface area contributed by atoms with Gasteiger partial charge in [-0.3, -0.25) is 9.80 Å². The number of alkyl halides is 4. The van der Waals surface area contributed by atoms with Gasteiger partial charge in [-0.2, -0.15) is 23.7 Å². The van der Waals surface area contributed by atoms with Crippen LogP contribution in [-0.2, 0) is 12.9 Å². The van der Waals surface area contributed by atoms with Crippen LogP contribution in [0.25, 0.3) is 33.1 Å². The summed E-state index contributed by atoms with van der Waals surface area (Å²) in [6.07, 6.45) is -5.09. The van der Waals surface area contributed by atoms with Crippen LogP contribution < -0.4 is 9.80 Å². The molecule has 0 atom stereocenters. The molecule has 5 aromatic carbocycles. The Morgan fingerprint density at radius 2 is 0.778 bits per heavy atom. The third-order valence-electron chi connectivity index (χ3n) is 8.48. The predicted molar refractivity (Wildman–Crippen MR) is 194 cm³/mol. The van der Waals surface area contributed by atoms with Crippen molar-refractivity contribution in [2.75, 3.05) is 9.80 Å². The molecule has 0 radical (unpaired) electrons. The molecule has 0 spiro atoms. The summed E-state index contributed by atoms with van der Waals surface area (Å²) >= 11 is 0. The van der Waals surface area contributed by atoms with Crippen molar-refractivity contribution in [1.82, 2.24) is 29.9 Å². The Labute approximate surface area is 303 Å². The highest BCUT2D eigenvalue weighted by Crippen LogP contribution is 2.46. The van der Waals surface area contributed by atoms with Crippen molar-refractivity contribution in [2.45, 2.75) is 12.9 Å². The minimum absolute atomic E-state index is 0.0851. The molecule has 14 heteroatoms. The SMILES string of the molecule is N#Cc1nc2c(nc1C#N)c1nc(N(c3ccccc3)c3ccccc3)c(N(c3ccccc3)c3ccccc3)nc1c1nc(C(F)(F)F)c(CF)nc21. The third-order valence-corrected chi connectivity index (χ3v) is 8.48. The maximum atomic E-state index is 14.5. The fourth-order valence-electron chi connectivity index (χ4n) is 6.19. The van der Waals surface area contributed by atoms with Crippen molar-refractivity contribution in [3.63, 3.8) is 0 Å². The van der Waals surface area contributed by atoms with Gasteiger partial charge in [-0.15, -0.1) is 0 Å². The van der Waals surface area contributed by atoms with Crippen molar-refractivity contribution in [3.05, 3.63) is 144 Å². The Morgan fingerprint density at radius 3 is 1.09 bits per heavy atom. The number of para-hydroxylation sites is 4. The van der Waals surface area contributed by atoms with Crippen LogP contribution in [0.2, 0.25) is 0 Å². The average Bonchev–Trinajstić information content (AvgIpc) is 3.21. The number of hydrogen-bond donors (Lipinski definition) is 0. The van der Waals surface area contributed by atoms with E-state index >= 15 is 0 Å². The molecular formula is C40H22F4N10. The molecule has 0 unspecified atom stereocenters. The van der Waals surface area contributed by atoms with Gasteiger partial charge in [0.1, 0.15) is 57.6 Å². The van der Waals surface area contributed by atoms with Gasteiger partial charge < -0.3 is 0 Å². The van der Waals surface area contributed by atoms with Gasteiger partial charge in [0.25, 0.3) is 0 Å². The van der Waals surface area contributed by atoms with E-state index < -0.39 is 35.4 Å². The van der Waals surface area contributed by atoms with Crippen molar-refractivity contribution in [3.8, 4) is 12.1 Å². The molecule has 0 amide bonds. The lowest BCUT2D eigenvalue weighted by atomic mass is 10.1. The second-order valence-electron chi connectivity index (χ2n) is 11.8. The van der Waals surface area contributed by atoms with Crippen molar-refractivity contribution in [2.24, 2.45) is 0 Å². The monoisotopic (exact) mass is 718 g/mol. The van der Waals surface area contributed by atoms with Crippen molar-refractivity contribution in [1.29, 1.82) is 10.5 Å². The molecule has 0 N–H and O–H groups in total. The first-order chi connectivity index (χ1) is 26.3. The highest BCUT2D eigenvalue weighted by molar-refractivity contribution is 6.19. The van der Waals surface area contributed by atoms with Crippen LogP contribution in [0.15, 0.2) is 121 Å². The summed E-state index contributed by atoms with van der Waals surface area (Å²) in [7, 11) is 0. The molecule has 0 saturated carbocycles. The zero-order valence-electron chi connectivity index (χ0n) is 27.7. The predicted octanol–water partition coefficient (Wildman–Crippen LogP) is 9.69. The molecule has 8 rings (SSSR count). The summed E-state index contributed by atoms with van der Waals surface area (Å²) in [6.45, 7) is -1.60. The van der Waals surface area contributed by atoms with Crippen LogP contribution in [-0.4, -0.2) is 29.9 Å². The second kappa shape index (κ2) is 13.5. The van der Waals surface area contributed by atoms with E-state index in [1.54, 1.807) is 11.0 Å². The lowest BCUT2D eigenvalue weighted by Gasteiger charge is -2.31. The van der Waals surface area contributed by atoms with Crippen LogP contribution in [0.1, 0.15) is 22.8 Å². The molecular weight excluding hydrogens is 697 g/mol. The number of aromatic nitrogens is 6. The normalized spacial score (nSPS) is 11.4. The molecule has 0 aliphatic rings. The summed E-state index contributed by atoms with van der Waals surface area (Å²) in [6, 6.07) is 40.6. The zero-order chi connectivity index (χ0) is 37.4. The molecule has 3 aromatic heterocycles. The van der Waals surface area contributed by atoms with Gasteiger partial charge >= 0.3 is 6.18 Å². The summed E-state index contributed by atoms with van der Waals surface area (Å²) in [5.41, 5.74) is -1.98. The van der Waals surface area contributed by atoms with E-state index in [2.05, 4.69) is 19.9 Å². The van der Waals surface area contributed by atoms with E-state index in [-0.39, 0.29) is 44.9 Å². The van der Waals surface area contributed by atoms with Gasteiger partial charge in [0.15, 0.2) is 28.7 Å². The number of rotatable bonds is 7. The molecule has 0 aliphatic carbocycles. The standard InChI is InChI=1S/C40H22F4N10/c41-21-28-37(40(42,43)44)50-34-32(47-28)31-33(49-30(23-46)29(22-45)48-31)35-36(34)52-39(54(26-17-9-3-10-18-26)27-19-11-4-12-20-27)38(51-35)53(24-13-5-1-6-14-24)25-15-7-2-8-16-25/h1-20H,21H2. The van der Waals surface area contributed by atoms with E-state index in [1.165, 1.54) is 0 Å². The number of benzene rings is 5. The molecule has 3 heterocycles. The fourth-order valence-corrected chi connectivity index (χ4v) is 6.19. The fraction of sp³-hybridized carbons (Fsp3) is 0.0500. The average molecular weight is 719 g/mol. The number of nitrogens with zero attached hydrogens (tertiary/aromatic N) is 10. The van der Waals surface area contributed by atoms with Gasteiger partial charge in [0.05, 0.1) is 0 Å². The van der Waals surface area contributed by atoms with Crippen LogP contribution in [0.3, 0.4) is 0 Å². The van der Waals surface area contributed by atoms with E-state index in [4.69, 9.17) is 9.97 Å². The largest absolute Gasteiger partial charge is 0.435 e. The molecule has 54 heavy (non-hydrogen) atoms. The summed E-state index contributed by atoms with van der Waals surface area (Å²) in [4.78, 5) is 30.7. The molecule has 260 valence electrons. The number of halogens is 4. The quantitative estimate of drug-likeness (QED) is 0.116. The Morgan fingerprint density at radius 1 is 0.463 bits per heavy atom. The van der Waals surface area contributed by atoms with Gasteiger partial charge in [0.2, 0.25) is 0 Å². The number of hydrogen-bond acceptors (Lipinski definition) is 10. The first kappa shape index (κ1) is 33.6.